The molecule has 0 aliphatic carbocycles. The van der Waals surface area contributed by atoms with E-state index in [9.17, 15) is 4.79 Å². The minimum absolute atomic E-state index is 0.0712. The fourth-order valence-electron chi connectivity index (χ4n) is 2.89. The van der Waals surface area contributed by atoms with Crippen LogP contribution in [0.15, 0.2) is 42.6 Å². The summed E-state index contributed by atoms with van der Waals surface area (Å²) in [6, 6.07) is 11.5. The van der Waals surface area contributed by atoms with Crippen molar-refractivity contribution in [2.24, 2.45) is 0 Å². The molecule has 2 heterocycles. The smallest absolute Gasteiger partial charge is 0.322 e. The third kappa shape index (κ3) is 3.62. The van der Waals surface area contributed by atoms with Crippen molar-refractivity contribution >= 4 is 29.1 Å². The van der Waals surface area contributed by atoms with Gasteiger partial charge >= 0.3 is 6.03 Å². The average Bonchev–Trinajstić information content (AvgIpc) is 2.57. The summed E-state index contributed by atoms with van der Waals surface area (Å²) < 4.78 is 0. The number of anilines is 2. The average molecular weight is 345 g/mol. The normalized spacial score (nSPS) is 17.7. The van der Waals surface area contributed by atoms with Crippen molar-refractivity contribution in [3.8, 4) is 0 Å². The summed E-state index contributed by atoms with van der Waals surface area (Å²) in [7, 11) is 0. The molecule has 1 atom stereocenters. The Hall–Kier alpha value is -2.27. The lowest BCUT2D eigenvalue weighted by atomic mass is 10.2. The Labute approximate surface area is 147 Å². The zero-order valence-corrected chi connectivity index (χ0v) is 14.6. The van der Waals surface area contributed by atoms with Crippen LogP contribution in [0.3, 0.4) is 0 Å². The van der Waals surface area contributed by atoms with E-state index >= 15 is 0 Å². The highest BCUT2D eigenvalue weighted by Gasteiger charge is 2.28. The number of hydrogen-bond acceptors (Lipinski definition) is 3. The van der Waals surface area contributed by atoms with Crippen LogP contribution in [-0.4, -0.2) is 41.6 Å². The summed E-state index contributed by atoms with van der Waals surface area (Å²) in [6.45, 7) is 6.11. The Morgan fingerprint density at radius 2 is 2.00 bits per heavy atom. The van der Waals surface area contributed by atoms with E-state index in [1.807, 2.05) is 55.1 Å². The SMILES string of the molecule is Cc1ccc(NC(=O)N2CCN(c3ncccc3Cl)CC2C)cc1. The number of carbonyl (C=O) groups excluding carboxylic acids is 1. The maximum atomic E-state index is 12.5. The Kier molecular flexibility index (Phi) is 4.90. The molecule has 1 aliphatic rings. The Morgan fingerprint density at radius 1 is 1.25 bits per heavy atom. The topological polar surface area (TPSA) is 48.5 Å². The summed E-state index contributed by atoms with van der Waals surface area (Å²) >= 11 is 6.23. The van der Waals surface area contributed by atoms with Gasteiger partial charge in [-0.05, 0) is 38.1 Å². The maximum Gasteiger partial charge on any atom is 0.322 e. The summed E-state index contributed by atoms with van der Waals surface area (Å²) in [6.07, 6.45) is 1.74. The molecule has 0 bridgehead atoms. The lowest BCUT2D eigenvalue weighted by Crippen LogP contribution is -2.55. The van der Waals surface area contributed by atoms with Gasteiger partial charge in [0.25, 0.3) is 0 Å². The van der Waals surface area contributed by atoms with Gasteiger partial charge in [-0.2, -0.15) is 0 Å². The zero-order valence-electron chi connectivity index (χ0n) is 13.9. The first-order valence-electron chi connectivity index (χ1n) is 8.04. The van der Waals surface area contributed by atoms with E-state index in [2.05, 4.69) is 15.2 Å². The van der Waals surface area contributed by atoms with E-state index in [0.717, 1.165) is 11.5 Å². The van der Waals surface area contributed by atoms with Gasteiger partial charge in [-0.25, -0.2) is 9.78 Å². The van der Waals surface area contributed by atoms with Gasteiger partial charge in [0.2, 0.25) is 0 Å². The van der Waals surface area contributed by atoms with Crippen LogP contribution in [0, 0.1) is 6.92 Å². The first-order chi connectivity index (χ1) is 11.5. The number of aryl methyl sites for hydroxylation is 1. The van der Waals surface area contributed by atoms with Crippen LogP contribution in [0.4, 0.5) is 16.3 Å². The van der Waals surface area contributed by atoms with E-state index in [4.69, 9.17) is 11.6 Å². The van der Waals surface area contributed by atoms with Crippen molar-refractivity contribution in [3.05, 3.63) is 53.2 Å². The lowest BCUT2D eigenvalue weighted by Gasteiger charge is -2.40. The van der Waals surface area contributed by atoms with Crippen molar-refractivity contribution < 1.29 is 4.79 Å². The summed E-state index contributed by atoms with van der Waals surface area (Å²) in [4.78, 5) is 20.9. The molecular weight excluding hydrogens is 324 g/mol. The van der Waals surface area contributed by atoms with E-state index in [0.29, 0.717) is 24.7 Å². The molecule has 2 amide bonds. The molecule has 1 aromatic heterocycles. The Morgan fingerprint density at radius 3 is 2.67 bits per heavy atom. The number of piperazine rings is 1. The number of nitrogens with zero attached hydrogens (tertiary/aromatic N) is 3. The van der Waals surface area contributed by atoms with E-state index in [1.54, 1.807) is 6.20 Å². The summed E-state index contributed by atoms with van der Waals surface area (Å²) in [5.74, 6) is 0.782. The lowest BCUT2D eigenvalue weighted by molar-refractivity contribution is 0.184. The highest BCUT2D eigenvalue weighted by atomic mass is 35.5. The van der Waals surface area contributed by atoms with Crippen molar-refractivity contribution in [2.45, 2.75) is 19.9 Å². The molecule has 24 heavy (non-hydrogen) atoms. The number of urea groups is 1. The van der Waals surface area contributed by atoms with Gasteiger partial charge < -0.3 is 15.1 Å². The molecule has 6 heteroatoms. The molecule has 2 aromatic rings. The first kappa shape index (κ1) is 16.6. The van der Waals surface area contributed by atoms with Crippen LogP contribution >= 0.6 is 11.6 Å². The van der Waals surface area contributed by atoms with Crippen molar-refractivity contribution in [1.29, 1.82) is 0 Å². The zero-order chi connectivity index (χ0) is 17.1. The standard InChI is InChI=1S/C18H21ClN4O/c1-13-5-7-15(8-6-13)21-18(24)23-11-10-22(12-14(23)2)17-16(19)4-3-9-20-17/h3-9,14H,10-12H2,1-2H3,(H,21,24). The summed E-state index contributed by atoms with van der Waals surface area (Å²) in [5.41, 5.74) is 1.98. The predicted molar refractivity (Wildman–Crippen MR) is 97.8 cm³/mol. The molecule has 0 spiro atoms. The largest absolute Gasteiger partial charge is 0.352 e. The number of benzene rings is 1. The first-order valence-corrected chi connectivity index (χ1v) is 8.42. The molecule has 5 nitrogen and oxygen atoms in total. The minimum Gasteiger partial charge on any atom is -0.352 e. The number of nitrogens with one attached hydrogen (secondary N) is 1. The molecule has 3 rings (SSSR count). The number of hydrogen-bond donors (Lipinski definition) is 1. The van der Waals surface area contributed by atoms with Gasteiger partial charge in [0.1, 0.15) is 5.82 Å². The van der Waals surface area contributed by atoms with Crippen LogP contribution in [0.5, 0.6) is 0 Å². The number of carbonyl (C=O) groups is 1. The third-order valence-electron chi connectivity index (χ3n) is 4.23. The molecule has 1 N–H and O–H groups in total. The number of pyridine rings is 1. The monoisotopic (exact) mass is 344 g/mol. The number of rotatable bonds is 2. The van der Waals surface area contributed by atoms with Gasteiger partial charge in [-0.3, -0.25) is 0 Å². The number of halogens is 1. The Balaban J connectivity index is 1.64. The van der Waals surface area contributed by atoms with Crippen LogP contribution in [0.1, 0.15) is 12.5 Å². The second kappa shape index (κ2) is 7.09. The molecule has 1 aromatic carbocycles. The van der Waals surface area contributed by atoms with Crippen LogP contribution in [-0.2, 0) is 0 Å². The van der Waals surface area contributed by atoms with Crippen molar-refractivity contribution in [1.82, 2.24) is 9.88 Å². The quantitative estimate of drug-likeness (QED) is 0.901. The Bertz CT molecular complexity index is 719. The number of aromatic nitrogens is 1. The van der Waals surface area contributed by atoms with Gasteiger partial charge in [-0.15, -0.1) is 0 Å². The number of amides is 2. The van der Waals surface area contributed by atoms with Gasteiger partial charge in [0.15, 0.2) is 0 Å². The van der Waals surface area contributed by atoms with Crippen LogP contribution in [0.2, 0.25) is 5.02 Å². The molecule has 0 saturated carbocycles. The molecule has 126 valence electrons. The van der Waals surface area contributed by atoms with Crippen molar-refractivity contribution in [2.75, 3.05) is 29.9 Å². The van der Waals surface area contributed by atoms with Gasteiger partial charge in [0, 0.05) is 37.6 Å². The summed E-state index contributed by atoms with van der Waals surface area (Å²) in [5, 5.41) is 3.60. The fourth-order valence-corrected chi connectivity index (χ4v) is 3.13. The second-order valence-corrected chi connectivity index (χ2v) is 6.50. The molecule has 0 radical (unpaired) electrons. The maximum absolute atomic E-state index is 12.5. The molecular formula is C18H21ClN4O. The van der Waals surface area contributed by atoms with Crippen LogP contribution in [0.25, 0.3) is 0 Å². The minimum atomic E-state index is -0.0712. The van der Waals surface area contributed by atoms with Crippen molar-refractivity contribution in [3.63, 3.8) is 0 Å². The highest BCUT2D eigenvalue weighted by molar-refractivity contribution is 6.32. The molecule has 1 saturated heterocycles. The fraction of sp³-hybridized carbons (Fsp3) is 0.333. The third-order valence-corrected chi connectivity index (χ3v) is 4.52. The van der Waals surface area contributed by atoms with E-state index in [1.165, 1.54) is 5.56 Å². The molecule has 1 unspecified atom stereocenters. The van der Waals surface area contributed by atoms with Gasteiger partial charge in [0.05, 0.1) is 5.02 Å². The second-order valence-electron chi connectivity index (χ2n) is 6.09. The van der Waals surface area contributed by atoms with Gasteiger partial charge in [-0.1, -0.05) is 29.3 Å². The van der Waals surface area contributed by atoms with E-state index < -0.39 is 0 Å². The van der Waals surface area contributed by atoms with E-state index in [-0.39, 0.29) is 12.1 Å². The molecule has 1 fully saturated rings. The predicted octanol–water partition coefficient (Wildman–Crippen LogP) is 3.79. The molecule has 1 aliphatic heterocycles. The van der Waals surface area contributed by atoms with Crippen LogP contribution < -0.4 is 10.2 Å². The highest BCUT2D eigenvalue weighted by Crippen LogP contribution is 2.25.